The summed E-state index contributed by atoms with van der Waals surface area (Å²) in [4.78, 5) is 2.56. The van der Waals surface area contributed by atoms with Crippen molar-refractivity contribution in [2.24, 2.45) is 0 Å². The Balaban J connectivity index is 1.10. The van der Waals surface area contributed by atoms with Crippen LogP contribution in [0.1, 0.15) is 48.6 Å². The van der Waals surface area contributed by atoms with Gasteiger partial charge in [-0.2, -0.15) is 0 Å². The monoisotopic (exact) mass is 713 g/mol. The third kappa shape index (κ3) is 4.05. The van der Waals surface area contributed by atoms with E-state index in [4.69, 9.17) is 0 Å². The smallest absolute Gasteiger partial charge is 0.0512 e. The van der Waals surface area contributed by atoms with Crippen molar-refractivity contribution in [3.8, 4) is 44.5 Å². The van der Waals surface area contributed by atoms with E-state index in [-0.39, 0.29) is 10.8 Å². The zero-order valence-corrected chi connectivity index (χ0v) is 31.8. The molecule has 1 atom stereocenters. The standard InChI is InChI=1S/C55H39N/c1-54(2)46-31-28-35-16-7-8-19-41(35)52(46)44-32-48-50(33-47(44)54)56(49-25-13-23-43-42-20-9-10-24-45(42)55(48,3)53(43)49)38-29-26-36(27-30-38)40-22-12-18-37-17-11-21-39(51(37)40)34-14-5-4-6-15-34/h4-33H,1-3H3. The number of hydrogen-bond acceptors (Lipinski definition) is 1. The zero-order valence-electron chi connectivity index (χ0n) is 31.8. The molecule has 0 fully saturated rings. The molecule has 9 aromatic carbocycles. The summed E-state index contributed by atoms with van der Waals surface area (Å²) in [7, 11) is 0. The molecule has 0 saturated carbocycles. The third-order valence-corrected chi connectivity index (χ3v) is 13.4. The number of nitrogens with zero attached hydrogens (tertiary/aromatic N) is 1. The number of hydrogen-bond donors (Lipinski definition) is 0. The largest absolute Gasteiger partial charge is 0.310 e. The Bertz CT molecular complexity index is 3110. The molecule has 1 nitrogen and oxygen atoms in total. The SMILES string of the molecule is CC1(C)c2cc3c(cc2-c2c1ccc1ccccc21)C1(C)c2ccccc2-c2cccc(c21)N3c1ccc(-c2cccc3cccc(-c4ccccc4)c23)cc1. The molecule has 1 heteroatoms. The Morgan fingerprint density at radius 1 is 0.393 bits per heavy atom. The fourth-order valence-electron chi connectivity index (χ4n) is 10.8. The minimum absolute atomic E-state index is 0.152. The molecule has 1 aliphatic heterocycles. The number of rotatable bonds is 3. The van der Waals surface area contributed by atoms with Gasteiger partial charge in [-0.15, -0.1) is 0 Å². The molecule has 1 unspecified atom stereocenters. The Kier molecular flexibility index (Phi) is 6.32. The number of benzene rings is 9. The van der Waals surface area contributed by atoms with Crippen LogP contribution < -0.4 is 4.90 Å². The maximum absolute atomic E-state index is 2.58. The predicted molar refractivity (Wildman–Crippen MR) is 236 cm³/mol. The van der Waals surface area contributed by atoms with Crippen molar-refractivity contribution in [2.45, 2.75) is 31.6 Å². The molecule has 56 heavy (non-hydrogen) atoms. The van der Waals surface area contributed by atoms with Gasteiger partial charge in [-0.3, -0.25) is 0 Å². The van der Waals surface area contributed by atoms with Crippen LogP contribution >= 0.6 is 0 Å². The van der Waals surface area contributed by atoms with Crippen LogP contribution in [0.5, 0.6) is 0 Å². The van der Waals surface area contributed by atoms with Crippen LogP contribution in [-0.4, -0.2) is 0 Å². The topological polar surface area (TPSA) is 3.24 Å². The summed E-state index contributed by atoms with van der Waals surface area (Å²) in [5.74, 6) is 0. The van der Waals surface area contributed by atoms with Gasteiger partial charge in [-0.1, -0.05) is 166 Å². The lowest BCUT2D eigenvalue weighted by Gasteiger charge is -2.43. The highest BCUT2D eigenvalue weighted by atomic mass is 15.2. The first-order valence-corrected chi connectivity index (χ1v) is 19.9. The molecule has 0 radical (unpaired) electrons. The summed E-state index contributed by atoms with van der Waals surface area (Å²) in [5.41, 5.74) is 20.6. The van der Waals surface area contributed by atoms with E-state index in [1.54, 1.807) is 0 Å². The lowest BCUT2D eigenvalue weighted by Crippen LogP contribution is -2.32. The van der Waals surface area contributed by atoms with E-state index >= 15 is 0 Å². The van der Waals surface area contributed by atoms with Gasteiger partial charge in [0.2, 0.25) is 0 Å². The molecule has 264 valence electrons. The van der Waals surface area contributed by atoms with Gasteiger partial charge in [0.05, 0.1) is 11.4 Å². The molecule has 0 spiro atoms. The van der Waals surface area contributed by atoms with Gasteiger partial charge in [-0.25, -0.2) is 0 Å². The molecule has 0 saturated heterocycles. The number of fused-ring (bicyclic) bond motifs is 11. The van der Waals surface area contributed by atoms with Crippen LogP contribution in [0.2, 0.25) is 0 Å². The summed E-state index contributed by atoms with van der Waals surface area (Å²) < 4.78 is 0. The van der Waals surface area contributed by atoms with Crippen LogP contribution in [0.25, 0.3) is 66.1 Å². The highest BCUT2D eigenvalue weighted by Gasteiger charge is 2.50. The second kappa shape index (κ2) is 11.2. The fourth-order valence-corrected chi connectivity index (χ4v) is 10.8. The average Bonchev–Trinajstić information content (AvgIpc) is 3.65. The Morgan fingerprint density at radius 2 is 1.04 bits per heavy atom. The quantitative estimate of drug-likeness (QED) is 0.176. The second-order valence-corrected chi connectivity index (χ2v) is 16.6. The summed E-state index contributed by atoms with van der Waals surface area (Å²) in [6.45, 7) is 7.29. The van der Waals surface area contributed by atoms with Crippen molar-refractivity contribution in [3.05, 3.63) is 210 Å². The van der Waals surface area contributed by atoms with Crippen LogP contribution in [0.3, 0.4) is 0 Å². The molecule has 0 aromatic heterocycles. The van der Waals surface area contributed by atoms with Crippen LogP contribution in [0, 0.1) is 0 Å². The van der Waals surface area contributed by atoms with Crippen molar-refractivity contribution in [1.29, 1.82) is 0 Å². The first kappa shape index (κ1) is 31.6. The van der Waals surface area contributed by atoms with Gasteiger partial charge in [0, 0.05) is 16.5 Å². The first-order chi connectivity index (χ1) is 27.4. The van der Waals surface area contributed by atoms with Crippen LogP contribution in [-0.2, 0) is 10.8 Å². The molecule has 0 amide bonds. The van der Waals surface area contributed by atoms with E-state index in [2.05, 4.69) is 208 Å². The van der Waals surface area contributed by atoms with E-state index in [1.165, 1.54) is 111 Å². The number of anilines is 3. The van der Waals surface area contributed by atoms with Crippen molar-refractivity contribution in [2.75, 3.05) is 4.90 Å². The minimum atomic E-state index is -0.308. The van der Waals surface area contributed by atoms with E-state index in [0.29, 0.717) is 0 Å². The Morgan fingerprint density at radius 3 is 1.84 bits per heavy atom. The summed E-state index contributed by atoms with van der Waals surface area (Å²) in [6.07, 6.45) is 0. The molecular formula is C55H39N. The van der Waals surface area contributed by atoms with Gasteiger partial charge in [-0.05, 0) is 131 Å². The average molecular weight is 714 g/mol. The highest BCUT2D eigenvalue weighted by molar-refractivity contribution is 6.08. The van der Waals surface area contributed by atoms with Crippen molar-refractivity contribution in [1.82, 2.24) is 0 Å². The van der Waals surface area contributed by atoms with Gasteiger partial charge in [0.15, 0.2) is 0 Å². The van der Waals surface area contributed by atoms with E-state index in [0.717, 1.165) is 0 Å². The molecule has 12 rings (SSSR count). The summed E-state index contributed by atoms with van der Waals surface area (Å²) in [5, 5.41) is 5.17. The highest BCUT2D eigenvalue weighted by Crippen LogP contribution is 2.64. The second-order valence-electron chi connectivity index (χ2n) is 16.6. The van der Waals surface area contributed by atoms with Gasteiger partial charge >= 0.3 is 0 Å². The summed E-state index contributed by atoms with van der Waals surface area (Å²) in [6, 6.07) is 68.2. The normalized spacial score (nSPS) is 16.7. The van der Waals surface area contributed by atoms with Gasteiger partial charge in [0.1, 0.15) is 0 Å². The molecule has 9 aromatic rings. The summed E-state index contributed by atoms with van der Waals surface area (Å²) >= 11 is 0. The maximum Gasteiger partial charge on any atom is 0.0512 e. The van der Waals surface area contributed by atoms with Crippen molar-refractivity contribution < 1.29 is 0 Å². The molecule has 0 bridgehead atoms. The zero-order chi connectivity index (χ0) is 37.3. The lowest BCUT2D eigenvalue weighted by molar-refractivity contribution is 0.657. The first-order valence-electron chi connectivity index (χ1n) is 19.9. The molecule has 0 N–H and O–H groups in total. The van der Waals surface area contributed by atoms with E-state index < -0.39 is 0 Å². The maximum atomic E-state index is 2.58. The van der Waals surface area contributed by atoms with E-state index in [1.807, 2.05) is 0 Å². The van der Waals surface area contributed by atoms with Crippen LogP contribution in [0.4, 0.5) is 17.1 Å². The Labute approximate surface area is 328 Å². The lowest BCUT2D eigenvalue weighted by atomic mass is 9.69. The van der Waals surface area contributed by atoms with Gasteiger partial charge in [0.25, 0.3) is 0 Å². The third-order valence-electron chi connectivity index (χ3n) is 13.4. The predicted octanol–water partition coefficient (Wildman–Crippen LogP) is 14.8. The molecule has 1 heterocycles. The van der Waals surface area contributed by atoms with Crippen LogP contribution in [0.15, 0.2) is 182 Å². The van der Waals surface area contributed by atoms with Crippen molar-refractivity contribution in [3.63, 3.8) is 0 Å². The van der Waals surface area contributed by atoms with Crippen molar-refractivity contribution >= 4 is 38.6 Å². The van der Waals surface area contributed by atoms with E-state index in [9.17, 15) is 0 Å². The molecule has 3 aliphatic rings. The molecule has 2 aliphatic carbocycles. The Hall–Kier alpha value is -6.70. The van der Waals surface area contributed by atoms with Gasteiger partial charge < -0.3 is 4.90 Å². The molecular weight excluding hydrogens is 675 g/mol. The fraction of sp³-hybridized carbons (Fsp3) is 0.0909. The minimum Gasteiger partial charge on any atom is -0.310 e.